The first kappa shape index (κ1) is 55.3. The van der Waals surface area contributed by atoms with Crippen molar-refractivity contribution in [2.45, 2.75) is 153 Å². The minimum absolute atomic E-state index is 0.0125. The molecule has 0 radical (unpaired) electrons. The number of rotatable bonds is 20. The highest BCUT2D eigenvalue weighted by atomic mass is 16.7. The average molecular weight is 1010 g/mol. The van der Waals surface area contributed by atoms with Gasteiger partial charge in [-0.05, 0) is 50.5 Å². The summed E-state index contributed by atoms with van der Waals surface area (Å²) in [5.41, 5.74) is 0.817. The highest BCUT2D eigenvalue weighted by molar-refractivity contribution is 6.31. The fourth-order valence-electron chi connectivity index (χ4n) is 10.3. The number of methoxy groups -OCH3 is 1. The number of nitrogens with one attached hydrogen (secondary N) is 4. The highest BCUT2D eigenvalue weighted by Crippen LogP contribution is 2.52. The predicted octanol–water partition coefficient (Wildman–Crippen LogP) is 0.134. The zero-order valence-corrected chi connectivity index (χ0v) is 41.0. The predicted molar refractivity (Wildman–Crippen MR) is 252 cm³/mol. The molecule has 6 rings (SSSR count). The van der Waals surface area contributed by atoms with Crippen LogP contribution in [0.25, 0.3) is 0 Å². The molecule has 22 heteroatoms. The number of phenols is 2. The smallest absolute Gasteiger partial charge is 0.245 e. The Balaban J connectivity index is 1.21. The monoisotopic (exact) mass is 1010 g/mol. The van der Waals surface area contributed by atoms with Gasteiger partial charge in [-0.1, -0.05) is 52.2 Å². The van der Waals surface area contributed by atoms with E-state index in [2.05, 4.69) is 21.3 Å². The fraction of sp³-hybridized carbons (Fsp3) is 0.600. The third kappa shape index (κ3) is 11.7. The van der Waals surface area contributed by atoms with Gasteiger partial charge in [0.2, 0.25) is 35.3 Å². The molecular weight excluding hydrogens is 943 g/mol. The highest BCUT2D eigenvalue weighted by Gasteiger charge is 2.51. The number of aliphatic hydroxyl groups is 4. The maximum absolute atomic E-state index is 14.1. The first-order valence-corrected chi connectivity index (χ1v) is 24.4. The zero-order chi connectivity index (χ0) is 52.9. The van der Waals surface area contributed by atoms with Gasteiger partial charge in [0.15, 0.2) is 17.9 Å². The number of hydrogen-bond acceptors (Lipinski definition) is 17. The van der Waals surface area contributed by atoms with Crippen molar-refractivity contribution in [3.05, 3.63) is 51.6 Å². The van der Waals surface area contributed by atoms with Crippen molar-refractivity contribution in [1.82, 2.24) is 21.3 Å². The molecule has 2 aromatic carbocycles. The first-order valence-electron chi connectivity index (χ1n) is 24.4. The second-order valence-electron chi connectivity index (χ2n) is 19.8. The van der Waals surface area contributed by atoms with Crippen LogP contribution in [0.4, 0.5) is 0 Å². The molecule has 72 heavy (non-hydrogen) atoms. The Kier molecular flexibility index (Phi) is 17.8. The van der Waals surface area contributed by atoms with Crippen molar-refractivity contribution in [1.29, 1.82) is 0 Å². The van der Waals surface area contributed by atoms with E-state index in [9.17, 15) is 69.0 Å². The van der Waals surface area contributed by atoms with Gasteiger partial charge in [-0.2, -0.15) is 0 Å². The van der Waals surface area contributed by atoms with Gasteiger partial charge in [0.1, 0.15) is 53.7 Å². The van der Waals surface area contributed by atoms with Crippen molar-refractivity contribution in [3.63, 3.8) is 0 Å². The Hall–Kier alpha value is -6.04. The minimum Gasteiger partial charge on any atom is -0.507 e. The summed E-state index contributed by atoms with van der Waals surface area (Å²) in [5.74, 6) is -8.81. The Morgan fingerprint density at radius 2 is 1.50 bits per heavy atom. The van der Waals surface area contributed by atoms with E-state index in [1.54, 1.807) is 20.8 Å². The van der Waals surface area contributed by atoms with Crippen LogP contribution >= 0.6 is 0 Å². The van der Waals surface area contributed by atoms with Crippen LogP contribution in [0.15, 0.2) is 18.2 Å². The Morgan fingerprint density at radius 1 is 0.861 bits per heavy atom. The van der Waals surface area contributed by atoms with Crippen molar-refractivity contribution < 1.29 is 83.2 Å². The fourth-order valence-corrected chi connectivity index (χ4v) is 10.3. The van der Waals surface area contributed by atoms with Crippen LogP contribution < -0.4 is 31.7 Å². The van der Waals surface area contributed by atoms with E-state index < -0.39 is 156 Å². The Morgan fingerprint density at radius 3 is 2.12 bits per heavy atom. The number of carbonyl (C=O) groups excluding carboxylic acids is 8. The van der Waals surface area contributed by atoms with Gasteiger partial charge in [0.25, 0.3) is 0 Å². The third-order valence-corrected chi connectivity index (χ3v) is 14.3. The van der Waals surface area contributed by atoms with Crippen molar-refractivity contribution in [2.24, 2.45) is 23.5 Å². The van der Waals surface area contributed by atoms with E-state index >= 15 is 0 Å². The number of amides is 5. The van der Waals surface area contributed by atoms with Crippen molar-refractivity contribution in [3.8, 4) is 17.2 Å². The maximum Gasteiger partial charge on any atom is 0.245 e. The van der Waals surface area contributed by atoms with Crippen LogP contribution in [0.5, 0.6) is 17.2 Å². The number of phenolic OH excluding ortho intramolecular Hbond substituents is 2. The number of nitrogens with two attached hydrogens (primary N) is 1. The van der Waals surface area contributed by atoms with Gasteiger partial charge in [0, 0.05) is 48.3 Å². The lowest BCUT2D eigenvalue weighted by Crippen LogP contribution is -2.61. The van der Waals surface area contributed by atoms with E-state index in [4.69, 9.17) is 19.9 Å². The molecule has 0 bridgehead atoms. The number of aromatic hydroxyl groups is 2. The largest absolute Gasteiger partial charge is 0.507 e. The number of hydrogen-bond donors (Lipinski definition) is 11. The van der Waals surface area contributed by atoms with E-state index in [0.29, 0.717) is 0 Å². The van der Waals surface area contributed by atoms with Gasteiger partial charge in [-0.15, -0.1) is 0 Å². The van der Waals surface area contributed by atoms with Gasteiger partial charge in [-0.3, -0.25) is 38.4 Å². The summed E-state index contributed by atoms with van der Waals surface area (Å²) in [4.78, 5) is 108. The number of carbonyl (C=O) groups is 8. The molecule has 1 saturated heterocycles. The first-order chi connectivity index (χ1) is 34.0. The minimum atomic E-state index is -2.44. The number of Topliss-reactive ketones (excluding diaryl/α,β-unsaturated/α-hetero) is 1. The molecule has 1 aliphatic heterocycles. The topological polar surface area (TPSA) is 360 Å². The molecule has 12 N–H and O–H groups in total. The standard InChI is InChI=1S/C50H67N5O17/c1-22(2)16-30(54-49(68)31(20-56)55-47(66)28(14-15-35(51)59)52-46(65)23(3)25-10-7-6-8-11-25)48(67)53-29-17-36(71-24(4)41(29)60)72-33-19-50(69,34(58)21-57)18-27-38(33)45(64)40-39(43(27)62)42(61)26-12-9-13-32(70-5)37(26)44(40)63/h9,12-13,22-25,28-31,33,36,41,56-57,60,62,64,69H,6-8,10-11,14-21H2,1-5H3,(H2,51,59)(H,52,65)(H,53,67)(H,54,68)(H,55,66)/t23-,24?,28-,29?,30-,31-,33-,36?,41?,50-/m0/s1. The Labute approximate surface area is 415 Å². The summed E-state index contributed by atoms with van der Waals surface area (Å²) in [6.07, 6.45) is -2.95. The SMILES string of the molecule is COc1cccc2c1C(=O)c1c(O)c3c(c(O)c1C2=O)C[C@@](O)(C(=O)CO)C[C@@H]3OC1CC(NC(=O)[C@H](CC(C)C)NC(=O)[C@H](CO)NC(=O)[C@H](CCC(N)=O)NC(=O)[C@@H](C)C2CCCCC2)C(O)C(C)O1. The van der Waals surface area contributed by atoms with Gasteiger partial charge in [-0.25, -0.2) is 0 Å². The molecule has 0 aromatic heterocycles. The molecule has 5 amide bonds. The zero-order valence-electron chi connectivity index (χ0n) is 41.0. The number of primary amides is 1. The lowest BCUT2D eigenvalue weighted by Gasteiger charge is -2.43. The quantitative estimate of drug-likeness (QED) is 0.0670. The van der Waals surface area contributed by atoms with Crippen molar-refractivity contribution in [2.75, 3.05) is 20.3 Å². The molecule has 22 nitrogen and oxygen atoms in total. The van der Waals surface area contributed by atoms with E-state index in [1.807, 2.05) is 0 Å². The summed E-state index contributed by atoms with van der Waals surface area (Å²) >= 11 is 0. The number of aliphatic hydroxyl groups excluding tert-OH is 3. The van der Waals surface area contributed by atoms with Crippen LogP contribution in [0.3, 0.4) is 0 Å². The van der Waals surface area contributed by atoms with Gasteiger partial charge < -0.3 is 71.9 Å². The van der Waals surface area contributed by atoms with Crippen LogP contribution in [0, 0.1) is 17.8 Å². The van der Waals surface area contributed by atoms with Gasteiger partial charge >= 0.3 is 0 Å². The van der Waals surface area contributed by atoms with Crippen molar-refractivity contribution >= 4 is 46.9 Å². The van der Waals surface area contributed by atoms with E-state index in [1.165, 1.54) is 32.2 Å². The molecular formula is C50H67N5O17. The second-order valence-corrected chi connectivity index (χ2v) is 19.8. The number of ketones is 3. The summed E-state index contributed by atoms with van der Waals surface area (Å²) in [6.45, 7) is 4.67. The molecule has 3 aliphatic carbocycles. The summed E-state index contributed by atoms with van der Waals surface area (Å²) in [7, 11) is 1.28. The van der Waals surface area contributed by atoms with E-state index in [-0.39, 0.29) is 65.5 Å². The molecule has 1 heterocycles. The lowest BCUT2D eigenvalue weighted by atomic mass is 9.72. The van der Waals surface area contributed by atoms with Crippen LogP contribution in [-0.2, 0) is 44.7 Å². The number of benzene rings is 2. The van der Waals surface area contributed by atoms with Gasteiger partial charge in [0.05, 0.1) is 48.7 Å². The van der Waals surface area contributed by atoms with Crippen LogP contribution in [-0.4, -0.2) is 146 Å². The van der Waals surface area contributed by atoms with Crippen LogP contribution in [0.1, 0.15) is 141 Å². The molecule has 0 spiro atoms. The molecule has 1 saturated carbocycles. The normalized spacial score (nSPS) is 24.6. The maximum atomic E-state index is 14.1. The lowest BCUT2D eigenvalue weighted by molar-refractivity contribution is -0.249. The molecule has 2 fully saturated rings. The second kappa shape index (κ2) is 23.2. The third-order valence-electron chi connectivity index (χ3n) is 14.3. The number of fused-ring (bicyclic) bond motifs is 3. The summed E-state index contributed by atoms with van der Waals surface area (Å²) in [6, 6.07) is -1.21. The molecule has 394 valence electrons. The summed E-state index contributed by atoms with van der Waals surface area (Å²) < 4.78 is 17.6. The molecule has 2 aromatic rings. The van der Waals surface area contributed by atoms with Crippen LogP contribution in [0.2, 0.25) is 0 Å². The average Bonchev–Trinajstić information content (AvgIpc) is 3.34. The summed E-state index contributed by atoms with van der Waals surface area (Å²) in [5, 5.41) is 77.2. The molecule has 4 aliphatic rings. The number of ether oxygens (including phenoxy) is 3. The Bertz CT molecular complexity index is 2440. The van der Waals surface area contributed by atoms with E-state index in [0.717, 1.165) is 32.1 Å². The molecule has 10 atom stereocenters. The molecule has 4 unspecified atom stereocenters.